The van der Waals surface area contributed by atoms with Gasteiger partial charge >= 0.3 is 5.97 Å². The Morgan fingerprint density at radius 3 is 2.62 bits per heavy atom. The molecule has 0 bridgehead atoms. The highest BCUT2D eigenvalue weighted by molar-refractivity contribution is 8.00. The number of hydrogen-bond donors (Lipinski definition) is 0. The van der Waals surface area contributed by atoms with E-state index in [0.717, 1.165) is 6.42 Å². The summed E-state index contributed by atoms with van der Waals surface area (Å²) in [5.74, 6) is -0.413. The number of alkyl halides is 1. The lowest BCUT2D eigenvalue weighted by molar-refractivity contribution is -0.144. The molecular weight excluding hydrogens is 191 g/mol. The SMILES string of the molecule is CC[C@H]1S[C@@H](OC(C)=O)[C@@H](F)[C@@H]1C. The minimum atomic E-state index is -1.01. The summed E-state index contributed by atoms with van der Waals surface area (Å²) in [6, 6.07) is 0. The van der Waals surface area contributed by atoms with Crippen LogP contribution in [0.2, 0.25) is 0 Å². The monoisotopic (exact) mass is 206 g/mol. The van der Waals surface area contributed by atoms with Crippen molar-refractivity contribution in [1.82, 2.24) is 0 Å². The fourth-order valence-electron chi connectivity index (χ4n) is 1.55. The molecule has 0 aliphatic carbocycles. The summed E-state index contributed by atoms with van der Waals surface area (Å²) in [4.78, 5) is 10.6. The van der Waals surface area contributed by atoms with Gasteiger partial charge in [-0.15, -0.1) is 11.8 Å². The number of halogens is 1. The Hall–Kier alpha value is -0.250. The highest BCUT2D eigenvalue weighted by Gasteiger charge is 2.42. The van der Waals surface area contributed by atoms with E-state index in [9.17, 15) is 9.18 Å². The molecule has 0 aromatic carbocycles. The first-order valence-corrected chi connectivity index (χ1v) is 5.47. The number of rotatable bonds is 2. The Labute approximate surface area is 82.2 Å². The van der Waals surface area contributed by atoms with Crippen molar-refractivity contribution in [2.24, 2.45) is 5.92 Å². The molecule has 0 unspecified atom stereocenters. The highest BCUT2D eigenvalue weighted by atomic mass is 32.2. The number of carbonyl (C=O) groups excluding carboxylic acids is 1. The summed E-state index contributed by atoms with van der Waals surface area (Å²) in [5.41, 5.74) is -0.586. The molecule has 1 fully saturated rings. The Balaban J connectivity index is 2.55. The number of hydrogen-bond acceptors (Lipinski definition) is 3. The standard InChI is InChI=1S/C9H15FO2S/c1-4-7-5(2)8(10)9(13-7)12-6(3)11/h5,7-9H,4H2,1-3H3/t5-,7-,8+,9-/m1/s1. The maximum absolute atomic E-state index is 13.5. The Morgan fingerprint density at radius 2 is 2.23 bits per heavy atom. The van der Waals surface area contributed by atoms with Gasteiger partial charge in [0.15, 0.2) is 11.6 Å². The van der Waals surface area contributed by atoms with E-state index >= 15 is 0 Å². The first kappa shape index (κ1) is 10.8. The van der Waals surface area contributed by atoms with Crippen molar-refractivity contribution in [2.75, 3.05) is 0 Å². The van der Waals surface area contributed by atoms with E-state index in [4.69, 9.17) is 4.74 Å². The first-order chi connectivity index (χ1) is 6.06. The largest absolute Gasteiger partial charge is 0.448 e. The third kappa shape index (κ3) is 2.36. The van der Waals surface area contributed by atoms with Gasteiger partial charge in [0.05, 0.1) is 0 Å². The molecule has 0 aromatic heterocycles. The van der Waals surface area contributed by atoms with E-state index in [1.807, 2.05) is 13.8 Å². The molecule has 0 spiro atoms. The number of esters is 1. The molecule has 1 aliphatic rings. The molecule has 1 saturated heterocycles. The zero-order valence-electron chi connectivity index (χ0n) is 8.12. The smallest absolute Gasteiger partial charge is 0.303 e. The molecule has 2 nitrogen and oxygen atoms in total. The van der Waals surface area contributed by atoms with E-state index in [1.54, 1.807) is 0 Å². The second-order valence-electron chi connectivity index (χ2n) is 3.36. The average molecular weight is 206 g/mol. The van der Waals surface area contributed by atoms with Gasteiger partial charge in [0.1, 0.15) is 0 Å². The van der Waals surface area contributed by atoms with Crippen molar-refractivity contribution in [3.05, 3.63) is 0 Å². The van der Waals surface area contributed by atoms with Gasteiger partial charge in [0, 0.05) is 18.1 Å². The minimum absolute atomic E-state index is 0.0145. The minimum Gasteiger partial charge on any atom is -0.448 e. The third-order valence-electron chi connectivity index (χ3n) is 2.34. The van der Waals surface area contributed by atoms with Crippen molar-refractivity contribution in [3.8, 4) is 0 Å². The van der Waals surface area contributed by atoms with Crippen LogP contribution < -0.4 is 0 Å². The number of thioether (sulfide) groups is 1. The van der Waals surface area contributed by atoms with E-state index in [1.165, 1.54) is 18.7 Å². The molecule has 1 heterocycles. The molecule has 1 rings (SSSR count). The lowest BCUT2D eigenvalue weighted by atomic mass is 10.0. The molecule has 4 heteroatoms. The first-order valence-electron chi connectivity index (χ1n) is 4.53. The topological polar surface area (TPSA) is 26.3 Å². The summed E-state index contributed by atoms with van der Waals surface area (Å²) < 4.78 is 18.4. The molecule has 0 N–H and O–H groups in total. The second-order valence-corrected chi connectivity index (χ2v) is 4.71. The van der Waals surface area contributed by atoms with Crippen LogP contribution in [0.5, 0.6) is 0 Å². The van der Waals surface area contributed by atoms with Gasteiger partial charge in [-0.2, -0.15) is 0 Å². The van der Waals surface area contributed by atoms with Crippen LogP contribution in [-0.2, 0) is 9.53 Å². The zero-order valence-corrected chi connectivity index (χ0v) is 8.94. The molecule has 0 aromatic rings. The molecule has 4 atom stereocenters. The number of ether oxygens (including phenoxy) is 1. The van der Waals surface area contributed by atoms with Crippen molar-refractivity contribution < 1.29 is 13.9 Å². The fourth-order valence-corrected chi connectivity index (χ4v) is 3.07. The van der Waals surface area contributed by atoms with Gasteiger partial charge in [-0.3, -0.25) is 4.79 Å². The predicted octanol–water partition coefficient (Wildman–Crippen LogP) is 2.38. The van der Waals surface area contributed by atoms with Crippen molar-refractivity contribution in [2.45, 2.75) is 44.0 Å². The molecule has 0 saturated carbocycles. The van der Waals surface area contributed by atoms with Gasteiger partial charge in [-0.1, -0.05) is 13.8 Å². The Bertz CT molecular complexity index is 198. The van der Waals surface area contributed by atoms with Crippen molar-refractivity contribution in [3.63, 3.8) is 0 Å². The summed E-state index contributed by atoms with van der Waals surface area (Å²) in [7, 11) is 0. The summed E-state index contributed by atoms with van der Waals surface area (Å²) in [6.45, 7) is 5.21. The maximum Gasteiger partial charge on any atom is 0.303 e. The highest BCUT2D eigenvalue weighted by Crippen LogP contribution is 2.42. The summed E-state index contributed by atoms with van der Waals surface area (Å²) in [6.07, 6.45) is -0.0943. The molecule has 13 heavy (non-hydrogen) atoms. The molecule has 0 radical (unpaired) electrons. The molecule has 76 valence electrons. The van der Waals surface area contributed by atoms with Crippen LogP contribution in [0.1, 0.15) is 27.2 Å². The normalized spacial score (nSPS) is 39.1. The lowest BCUT2D eigenvalue weighted by Gasteiger charge is -2.13. The average Bonchev–Trinajstić information content (AvgIpc) is 2.32. The quantitative estimate of drug-likeness (QED) is 0.649. The summed E-state index contributed by atoms with van der Waals surface area (Å²) in [5, 5.41) is 0.277. The van der Waals surface area contributed by atoms with Crippen LogP contribution >= 0.6 is 11.8 Å². The Kier molecular flexibility index (Phi) is 3.59. The summed E-state index contributed by atoms with van der Waals surface area (Å²) >= 11 is 1.44. The predicted molar refractivity (Wildman–Crippen MR) is 51.3 cm³/mol. The molecular formula is C9H15FO2S. The van der Waals surface area contributed by atoms with Crippen LogP contribution in [0, 0.1) is 5.92 Å². The fraction of sp³-hybridized carbons (Fsp3) is 0.889. The van der Waals surface area contributed by atoms with E-state index < -0.39 is 17.6 Å². The van der Waals surface area contributed by atoms with Crippen molar-refractivity contribution in [1.29, 1.82) is 0 Å². The third-order valence-corrected chi connectivity index (χ3v) is 4.08. The van der Waals surface area contributed by atoms with Crippen molar-refractivity contribution >= 4 is 17.7 Å². The zero-order chi connectivity index (χ0) is 10.0. The van der Waals surface area contributed by atoms with E-state index in [-0.39, 0.29) is 11.2 Å². The second kappa shape index (κ2) is 4.31. The van der Waals surface area contributed by atoms with E-state index in [0.29, 0.717) is 0 Å². The molecule has 1 aliphatic heterocycles. The maximum atomic E-state index is 13.5. The lowest BCUT2D eigenvalue weighted by Crippen LogP contribution is -2.24. The number of carbonyl (C=O) groups is 1. The molecule has 0 amide bonds. The van der Waals surface area contributed by atoms with Gasteiger partial charge in [-0.05, 0) is 6.42 Å². The van der Waals surface area contributed by atoms with Crippen LogP contribution in [0.15, 0.2) is 0 Å². The van der Waals surface area contributed by atoms with Gasteiger partial charge in [0.25, 0.3) is 0 Å². The van der Waals surface area contributed by atoms with Gasteiger partial charge in [-0.25, -0.2) is 4.39 Å². The van der Waals surface area contributed by atoms with Gasteiger partial charge in [0.2, 0.25) is 0 Å². The van der Waals surface area contributed by atoms with Gasteiger partial charge < -0.3 is 4.74 Å². The van der Waals surface area contributed by atoms with Crippen LogP contribution in [-0.4, -0.2) is 22.8 Å². The van der Waals surface area contributed by atoms with Crippen LogP contribution in [0.25, 0.3) is 0 Å². The Morgan fingerprint density at radius 1 is 1.62 bits per heavy atom. The van der Waals surface area contributed by atoms with Crippen LogP contribution in [0.3, 0.4) is 0 Å². The van der Waals surface area contributed by atoms with E-state index in [2.05, 4.69) is 0 Å². The van der Waals surface area contributed by atoms with Crippen LogP contribution in [0.4, 0.5) is 4.39 Å².